The van der Waals surface area contributed by atoms with E-state index >= 15 is 0 Å². The predicted octanol–water partition coefficient (Wildman–Crippen LogP) is 12.2. The van der Waals surface area contributed by atoms with E-state index in [-0.39, 0.29) is 0 Å². The number of aromatic nitrogens is 3. The Hall–Kier alpha value is -7.05. The van der Waals surface area contributed by atoms with E-state index in [1.54, 1.807) is 0 Å². The second-order valence-corrected chi connectivity index (χ2v) is 12.7. The highest BCUT2D eigenvalue weighted by Gasteiger charge is 2.23. The maximum absolute atomic E-state index is 6.56. The van der Waals surface area contributed by atoms with Gasteiger partial charge in [-0.15, -0.1) is 0 Å². The van der Waals surface area contributed by atoms with Crippen LogP contribution in [0.4, 0.5) is 0 Å². The molecule has 51 heavy (non-hydrogen) atoms. The van der Waals surface area contributed by atoms with Crippen LogP contribution in [-0.4, -0.2) is 15.0 Å². The van der Waals surface area contributed by atoms with Gasteiger partial charge in [-0.3, -0.25) is 0 Å². The molecule has 0 bridgehead atoms. The van der Waals surface area contributed by atoms with Crippen molar-refractivity contribution >= 4 is 65.8 Å². The number of rotatable bonds is 4. The lowest BCUT2D eigenvalue weighted by Crippen LogP contribution is -2.00. The molecule has 4 aromatic heterocycles. The van der Waals surface area contributed by atoms with E-state index in [0.717, 1.165) is 93.6 Å². The fraction of sp³-hybridized carbons (Fsp3) is 0. The molecular formula is C45H25N3O3. The van der Waals surface area contributed by atoms with Crippen LogP contribution in [-0.2, 0) is 0 Å². The summed E-state index contributed by atoms with van der Waals surface area (Å²) in [5, 5.41) is 6.05. The van der Waals surface area contributed by atoms with E-state index in [4.69, 9.17) is 28.2 Å². The third-order valence-corrected chi connectivity index (χ3v) is 9.77. The highest BCUT2D eigenvalue weighted by atomic mass is 16.3. The molecule has 0 aliphatic carbocycles. The van der Waals surface area contributed by atoms with Crippen LogP contribution in [0.3, 0.4) is 0 Å². The van der Waals surface area contributed by atoms with E-state index in [2.05, 4.69) is 48.5 Å². The van der Waals surface area contributed by atoms with Crippen molar-refractivity contribution in [1.82, 2.24) is 15.0 Å². The van der Waals surface area contributed by atoms with Crippen LogP contribution in [0, 0.1) is 0 Å². The van der Waals surface area contributed by atoms with Gasteiger partial charge < -0.3 is 13.3 Å². The highest BCUT2D eigenvalue weighted by molar-refractivity contribution is 6.20. The topological polar surface area (TPSA) is 78.1 Å². The molecule has 0 fully saturated rings. The normalized spacial score (nSPS) is 11.9. The molecule has 11 aromatic rings. The Kier molecular flexibility index (Phi) is 5.86. The SMILES string of the molecule is c1ccc(-c2nc(-c3cccc4oc5ccccc5c34)nc(-c3cccc4oc5cccc(-c6cccc7c6oc6ccccc67)c5c34)n2)cc1. The van der Waals surface area contributed by atoms with Crippen molar-refractivity contribution in [1.29, 1.82) is 0 Å². The summed E-state index contributed by atoms with van der Waals surface area (Å²) in [6.45, 7) is 0. The second kappa shape index (κ2) is 10.7. The molecule has 7 aromatic carbocycles. The Labute approximate surface area is 290 Å². The van der Waals surface area contributed by atoms with Crippen molar-refractivity contribution in [3.63, 3.8) is 0 Å². The number of hydrogen-bond donors (Lipinski definition) is 0. The summed E-state index contributed by atoms with van der Waals surface area (Å²) in [6, 6.07) is 50.9. The highest BCUT2D eigenvalue weighted by Crippen LogP contribution is 2.44. The van der Waals surface area contributed by atoms with Gasteiger partial charge in [-0.1, -0.05) is 121 Å². The van der Waals surface area contributed by atoms with E-state index < -0.39 is 0 Å². The van der Waals surface area contributed by atoms with E-state index in [1.165, 1.54) is 0 Å². The fourth-order valence-electron chi connectivity index (χ4n) is 7.53. The summed E-state index contributed by atoms with van der Waals surface area (Å²) < 4.78 is 19.3. The first kappa shape index (κ1) is 27.9. The van der Waals surface area contributed by atoms with Crippen LogP contribution in [0.2, 0.25) is 0 Å². The fourth-order valence-corrected chi connectivity index (χ4v) is 7.53. The van der Waals surface area contributed by atoms with Gasteiger partial charge in [0, 0.05) is 54.6 Å². The summed E-state index contributed by atoms with van der Waals surface area (Å²) in [5.74, 6) is 1.69. The van der Waals surface area contributed by atoms with Crippen LogP contribution in [0.15, 0.2) is 165 Å². The van der Waals surface area contributed by atoms with Crippen LogP contribution >= 0.6 is 0 Å². The molecule has 11 rings (SSSR count). The van der Waals surface area contributed by atoms with Gasteiger partial charge in [0.1, 0.15) is 33.5 Å². The van der Waals surface area contributed by atoms with Crippen molar-refractivity contribution < 1.29 is 13.3 Å². The van der Waals surface area contributed by atoms with Crippen molar-refractivity contribution in [2.24, 2.45) is 0 Å². The molecule has 0 atom stereocenters. The smallest absolute Gasteiger partial charge is 0.164 e. The van der Waals surface area contributed by atoms with Crippen LogP contribution in [0.5, 0.6) is 0 Å². The monoisotopic (exact) mass is 655 g/mol. The molecule has 0 amide bonds. The van der Waals surface area contributed by atoms with Crippen molar-refractivity contribution in [2.45, 2.75) is 0 Å². The van der Waals surface area contributed by atoms with Crippen LogP contribution in [0.25, 0.3) is 111 Å². The molecule has 4 heterocycles. The standard InChI is InChI=1S/C45H25N3O3/c1-2-12-26(13-3-1)43-46-44(32-19-10-23-36-39(32)31-15-5-7-22-35(31)49-36)48-45(47-43)33-20-11-25-38-41(33)40-28(16-9-24-37(40)50-38)30-18-8-17-29-27-14-4-6-21-34(27)51-42(29)30/h1-25H. The average Bonchev–Trinajstić information content (AvgIpc) is 3.89. The second-order valence-electron chi connectivity index (χ2n) is 12.7. The lowest BCUT2D eigenvalue weighted by Gasteiger charge is -2.11. The summed E-state index contributed by atoms with van der Waals surface area (Å²) in [4.78, 5) is 15.5. The number of benzene rings is 7. The zero-order valence-electron chi connectivity index (χ0n) is 27.0. The zero-order valence-corrected chi connectivity index (χ0v) is 27.0. The lowest BCUT2D eigenvalue weighted by molar-refractivity contribution is 0.668. The third kappa shape index (κ3) is 4.20. The van der Waals surface area contributed by atoms with Gasteiger partial charge >= 0.3 is 0 Å². The van der Waals surface area contributed by atoms with Crippen molar-refractivity contribution in [3.05, 3.63) is 152 Å². The molecule has 0 saturated carbocycles. The number of para-hydroxylation sites is 3. The van der Waals surface area contributed by atoms with Crippen LogP contribution < -0.4 is 0 Å². The lowest BCUT2D eigenvalue weighted by atomic mass is 9.95. The van der Waals surface area contributed by atoms with Gasteiger partial charge in [-0.05, 0) is 35.9 Å². The number of fused-ring (bicyclic) bond motifs is 9. The number of hydrogen-bond acceptors (Lipinski definition) is 6. The molecular weight excluding hydrogens is 631 g/mol. The zero-order chi connectivity index (χ0) is 33.5. The first-order valence-corrected chi connectivity index (χ1v) is 16.9. The molecule has 0 radical (unpaired) electrons. The van der Waals surface area contributed by atoms with Gasteiger partial charge in [-0.25, -0.2) is 15.0 Å². The molecule has 238 valence electrons. The van der Waals surface area contributed by atoms with Gasteiger partial charge in [0.05, 0.1) is 0 Å². The van der Waals surface area contributed by atoms with Crippen LogP contribution in [0.1, 0.15) is 0 Å². The first-order chi connectivity index (χ1) is 25.3. The quantitative estimate of drug-likeness (QED) is 0.188. The molecule has 6 nitrogen and oxygen atoms in total. The first-order valence-electron chi connectivity index (χ1n) is 16.9. The molecule has 0 spiro atoms. The minimum absolute atomic E-state index is 0.550. The van der Waals surface area contributed by atoms with Crippen molar-refractivity contribution in [3.8, 4) is 45.3 Å². The maximum Gasteiger partial charge on any atom is 0.164 e. The van der Waals surface area contributed by atoms with Gasteiger partial charge in [-0.2, -0.15) is 0 Å². The summed E-state index contributed by atoms with van der Waals surface area (Å²) in [5.41, 5.74) is 9.44. The third-order valence-electron chi connectivity index (χ3n) is 9.77. The van der Waals surface area contributed by atoms with Gasteiger partial charge in [0.15, 0.2) is 17.5 Å². The summed E-state index contributed by atoms with van der Waals surface area (Å²) in [6.07, 6.45) is 0. The average molecular weight is 656 g/mol. The predicted molar refractivity (Wildman–Crippen MR) is 203 cm³/mol. The molecule has 0 unspecified atom stereocenters. The van der Waals surface area contributed by atoms with E-state index in [1.807, 2.05) is 103 Å². The summed E-state index contributed by atoms with van der Waals surface area (Å²) >= 11 is 0. The minimum Gasteiger partial charge on any atom is -0.456 e. The number of furan rings is 3. The number of nitrogens with zero attached hydrogens (tertiary/aromatic N) is 3. The molecule has 0 N–H and O–H groups in total. The summed E-state index contributed by atoms with van der Waals surface area (Å²) in [7, 11) is 0. The molecule has 0 saturated heterocycles. The minimum atomic E-state index is 0.550. The Morgan fingerprint density at radius 1 is 0.294 bits per heavy atom. The Morgan fingerprint density at radius 2 is 0.765 bits per heavy atom. The Bertz CT molecular complexity index is 3150. The molecule has 0 aliphatic rings. The largest absolute Gasteiger partial charge is 0.456 e. The Morgan fingerprint density at radius 3 is 1.51 bits per heavy atom. The van der Waals surface area contributed by atoms with Gasteiger partial charge in [0.2, 0.25) is 0 Å². The van der Waals surface area contributed by atoms with E-state index in [9.17, 15) is 0 Å². The van der Waals surface area contributed by atoms with E-state index in [0.29, 0.717) is 17.5 Å². The maximum atomic E-state index is 6.56. The Balaban J connectivity index is 1.21. The molecule has 6 heteroatoms. The van der Waals surface area contributed by atoms with Gasteiger partial charge in [0.25, 0.3) is 0 Å². The molecule has 0 aliphatic heterocycles. The van der Waals surface area contributed by atoms with Crippen molar-refractivity contribution in [2.75, 3.05) is 0 Å².